The molecule has 0 spiro atoms. The van der Waals surface area contributed by atoms with Crippen molar-refractivity contribution in [3.05, 3.63) is 23.0 Å². The number of likely N-dealkylation sites (N-methyl/N-ethyl adjacent to an activating group) is 2. The molecule has 0 aliphatic heterocycles. The van der Waals surface area contributed by atoms with E-state index in [1.165, 1.54) is 0 Å². The van der Waals surface area contributed by atoms with Crippen LogP contribution < -0.4 is 10.1 Å². The minimum Gasteiger partial charge on any atom is -0.496 e. The lowest BCUT2D eigenvalue weighted by Gasteiger charge is -2.25. The highest BCUT2D eigenvalue weighted by Gasteiger charge is 2.15. The fourth-order valence-electron chi connectivity index (χ4n) is 2.80. The highest BCUT2D eigenvalue weighted by Crippen LogP contribution is 2.24. The summed E-state index contributed by atoms with van der Waals surface area (Å²) < 4.78 is 5.46. The second-order valence-electron chi connectivity index (χ2n) is 6.14. The van der Waals surface area contributed by atoms with Gasteiger partial charge in [-0.3, -0.25) is 9.78 Å². The number of carbonyl (C=O) groups excluding carboxylic acids is 1. The number of guanidine groups is 1. The molecule has 0 unspecified atom stereocenters. The molecule has 0 atom stereocenters. The zero-order chi connectivity index (χ0) is 19.7. The van der Waals surface area contributed by atoms with Gasteiger partial charge in [-0.15, -0.1) is 24.0 Å². The largest absolute Gasteiger partial charge is 0.496 e. The summed E-state index contributed by atoms with van der Waals surface area (Å²) in [5.41, 5.74) is 2.87. The summed E-state index contributed by atoms with van der Waals surface area (Å²) in [6.07, 6.45) is 1.80. The monoisotopic (exact) mass is 491 g/mol. The van der Waals surface area contributed by atoms with Gasteiger partial charge in [-0.25, -0.2) is 4.99 Å². The number of hydrogen-bond acceptors (Lipinski definition) is 4. The molecule has 1 aromatic heterocycles. The lowest BCUT2D eigenvalue weighted by atomic mass is 10.1. The Kier molecular flexibility index (Phi) is 12.0. The van der Waals surface area contributed by atoms with Gasteiger partial charge in [0.25, 0.3) is 0 Å². The van der Waals surface area contributed by atoms with Gasteiger partial charge in [0.1, 0.15) is 5.75 Å². The predicted molar refractivity (Wildman–Crippen MR) is 121 cm³/mol. The molecule has 27 heavy (non-hydrogen) atoms. The van der Waals surface area contributed by atoms with Crippen molar-refractivity contribution in [1.82, 2.24) is 20.1 Å². The van der Waals surface area contributed by atoms with E-state index in [-0.39, 0.29) is 36.4 Å². The number of methoxy groups -OCH3 is 1. The van der Waals surface area contributed by atoms with Crippen molar-refractivity contribution in [2.75, 3.05) is 40.3 Å². The van der Waals surface area contributed by atoms with Gasteiger partial charge in [0, 0.05) is 44.0 Å². The van der Waals surface area contributed by atoms with E-state index in [9.17, 15) is 4.79 Å². The lowest BCUT2D eigenvalue weighted by Crippen LogP contribution is -2.45. The maximum Gasteiger partial charge on any atom is 0.242 e. The average Bonchev–Trinajstić information content (AvgIpc) is 2.61. The van der Waals surface area contributed by atoms with Crippen LogP contribution in [0.5, 0.6) is 5.75 Å². The zero-order valence-corrected chi connectivity index (χ0v) is 20.0. The van der Waals surface area contributed by atoms with E-state index in [0.29, 0.717) is 25.6 Å². The zero-order valence-electron chi connectivity index (χ0n) is 17.6. The molecule has 0 saturated heterocycles. The van der Waals surface area contributed by atoms with Crippen molar-refractivity contribution in [2.24, 2.45) is 4.99 Å². The first kappa shape index (κ1) is 25.4. The van der Waals surface area contributed by atoms with Crippen molar-refractivity contribution in [3.8, 4) is 5.75 Å². The van der Waals surface area contributed by atoms with Crippen molar-refractivity contribution in [3.63, 3.8) is 0 Å². The Labute approximate surface area is 180 Å². The number of carbonyl (C=O) groups is 1. The first-order valence-electron chi connectivity index (χ1n) is 9.15. The van der Waals surface area contributed by atoms with Gasteiger partial charge in [-0.05, 0) is 34.6 Å². The third-order valence-corrected chi connectivity index (χ3v) is 4.31. The molecule has 0 fully saturated rings. The first-order valence-corrected chi connectivity index (χ1v) is 9.15. The van der Waals surface area contributed by atoms with Gasteiger partial charge in [-0.2, -0.15) is 0 Å². The number of aromatic nitrogens is 1. The minimum absolute atomic E-state index is 0. The van der Waals surface area contributed by atoms with E-state index >= 15 is 0 Å². The smallest absolute Gasteiger partial charge is 0.242 e. The van der Waals surface area contributed by atoms with Crippen molar-refractivity contribution < 1.29 is 9.53 Å². The Morgan fingerprint density at radius 3 is 2.41 bits per heavy atom. The van der Waals surface area contributed by atoms with Gasteiger partial charge in [-0.1, -0.05) is 0 Å². The van der Waals surface area contributed by atoms with Gasteiger partial charge in [0.15, 0.2) is 5.96 Å². The standard InChI is InChI=1S/C19H33N5O2.HI/c1-8-20-19(23(6)13-17(25)24(9-2)10-3)22-12-16-15(5)18(26-7)14(4)11-21-16;/h11H,8-10,12-13H2,1-7H3,(H,20,22);1H. The number of rotatable bonds is 8. The Balaban J connectivity index is 0.00000676. The van der Waals surface area contributed by atoms with Crippen LogP contribution in [-0.2, 0) is 11.3 Å². The van der Waals surface area contributed by atoms with Gasteiger partial charge in [0.05, 0.1) is 25.9 Å². The maximum absolute atomic E-state index is 12.3. The van der Waals surface area contributed by atoms with Crippen LogP contribution in [0.3, 0.4) is 0 Å². The molecule has 1 N–H and O–H groups in total. The molecule has 1 rings (SSSR count). The molecule has 1 aromatic rings. The number of hydrogen-bond donors (Lipinski definition) is 1. The number of amides is 1. The Hall–Kier alpha value is -1.58. The van der Waals surface area contributed by atoms with Crippen molar-refractivity contribution >= 4 is 35.8 Å². The Morgan fingerprint density at radius 1 is 1.26 bits per heavy atom. The maximum atomic E-state index is 12.3. The summed E-state index contributed by atoms with van der Waals surface area (Å²) in [5.74, 6) is 1.63. The summed E-state index contributed by atoms with van der Waals surface area (Å²) in [6.45, 7) is 12.8. The summed E-state index contributed by atoms with van der Waals surface area (Å²) in [5, 5.41) is 3.24. The van der Waals surface area contributed by atoms with Gasteiger partial charge >= 0.3 is 0 Å². The third kappa shape index (κ3) is 7.15. The summed E-state index contributed by atoms with van der Waals surface area (Å²) in [4.78, 5) is 25.2. The van der Waals surface area contributed by atoms with Crippen LogP contribution in [0, 0.1) is 13.8 Å². The number of halogens is 1. The van der Waals surface area contributed by atoms with Crippen LogP contribution in [0.25, 0.3) is 0 Å². The number of nitrogens with zero attached hydrogens (tertiary/aromatic N) is 4. The molecule has 0 aliphatic rings. The highest BCUT2D eigenvalue weighted by atomic mass is 127. The van der Waals surface area contributed by atoms with Crippen LogP contribution in [0.4, 0.5) is 0 Å². The normalized spacial score (nSPS) is 10.9. The van der Waals surface area contributed by atoms with Crippen LogP contribution >= 0.6 is 24.0 Å². The summed E-state index contributed by atoms with van der Waals surface area (Å²) in [7, 11) is 3.54. The fourth-order valence-corrected chi connectivity index (χ4v) is 2.80. The number of ether oxygens (including phenoxy) is 1. The molecule has 0 aliphatic carbocycles. The topological polar surface area (TPSA) is 70.1 Å². The quantitative estimate of drug-likeness (QED) is 0.344. The van der Waals surface area contributed by atoms with E-state index in [1.54, 1.807) is 13.3 Å². The van der Waals surface area contributed by atoms with Crippen molar-refractivity contribution in [1.29, 1.82) is 0 Å². The summed E-state index contributed by atoms with van der Waals surface area (Å²) >= 11 is 0. The van der Waals surface area contributed by atoms with Crippen LogP contribution in [0.1, 0.15) is 37.6 Å². The highest BCUT2D eigenvalue weighted by molar-refractivity contribution is 14.0. The number of aryl methyl sites for hydroxylation is 1. The lowest BCUT2D eigenvalue weighted by molar-refractivity contribution is -0.131. The fraction of sp³-hybridized carbons (Fsp3) is 0.632. The Morgan fingerprint density at radius 2 is 1.89 bits per heavy atom. The van der Waals surface area contributed by atoms with E-state index in [4.69, 9.17) is 4.74 Å². The van der Waals surface area contributed by atoms with E-state index in [0.717, 1.165) is 29.1 Å². The number of nitrogens with one attached hydrogen (secondary N) is 1. The molecule has 7 nitrogen and oxygen atoms in total. The molecule has 0 radical (unpaired) electrons. The van der Waals surface area contributed by atoms with Crippen LogP contribution in [-0.4, -0.2) is 67.0 Å². The van der Waals surface area contributed by atoms with Crippen LogP contribution in [0.2, 0.25) is 0 Å². The third-order valence-electron chi connectivity index (χ3n) is 4.31. The molecule has 8 heteroatoms. The van der Waals surface area contributed by atoms with Gasteiger partial charge in [0.2, 0.25) is 5.91 Å². The number of aliphatic imine (C=N–C) groups is 1. The SMILES string of the molecule is CCNC(=NCc1ncc(C)c(OC)c1C)N(C)CC(=O)N(CC)CC.I. The molecule has 0 aromatic carbocycles. The molecule has 154 valence electrons. The molecular formula is C19H34IN5O2. The second kappa shape index (κ2) is 12.7. The molecule has 0 saturated carbocycles. The molecular weight excluding hydrogens is 457 g/mol. The van der Waals surface area contributed by atoms with E-state index in [2.05, 4.69) is 15.3 Å². The Bertz CT molecular complexity index is 633. The van der Waals surface area contributed by atoms with E-state index < -0.39 is 0 Å². The predicted octanol–water partition coefficient (Wildman–Crippen LogP) is 2.59. The van der Waals surface area contributed by atoms with E-state index in [1.807, 2.05) is 51.5 Å². The first-order chi connectivity index (χ1) is 12.4. The molecule has 0 bridgehead atoms. The summed E-state index contributed by atoms with van der Waals surface area (Å²) in [6, 6.07) is 0. The molecule has 1 heterocycles. The number of pyridine rings is 1. The van der Waals surface area contributed by atoms with Crippen LogP contribution in [0.15, 0.2) is 11.2 Å². The second-order valence-corrected chi connectivity index (χ2v) is 6.14. The molecule has 1 amide bonds. The minimum atomic E-state index is 0. The van der Waals surface area contributed by atoms with Gasteiger partial charge < -0.3 is 19.9 Å². The average molecular weight is 491 g/mol. The van der Waals surface area contributed by atoms with Crippen molar-refractivity contribution in [2.45, 2.75) is 41.2 Å².